The maximum Gasteiger partial charge on any atom is 0.108 e. The Morgan fingerprint density at radius 2 is 2.36 bits per heavy atom. The summed E-state index contributed by atoms with van der Waals surface area (Å²) in [4.78, 5) is 2.40. The molecule has 5 heteroatoms. The van der Waals surface area contributed by atoms with E-state index in [0.29, 0.717) is 11.6 Å². The Morgan fingerprint density at radius 3 is 2.93 bits per heavy atom. The molecule has 1 aliphatic rings. The number of aromatic nitrogens is 3. The van der Waals surface area contributed by atoms with E-state index in [0.717, 1.165) is 26.2 Å². The second-order valence-corrected chi connectivity index (χ2v) is 3.81. The fourth-order valence-electron chi connectivity index (χ4n) is 1.82. The van der Waals surface area contributed by atoms with Crippen LogP contribution in [0.1, 0.15) is 12.6 Å². The van der Waals surface area contributed by atoms with Gasteiger partial charge in [-0.25, -0.2) is 0 Å². The minimum absolute atomic E-state index is 0.0221. The highest BCUT2D eigenvalue weighted by molar-refractivity contribution is 4.90. The van der Waals surface area contributed by atoms with Gasteiger partial charge in [-0.2, -0.15) is 0 Å². The summed E-state index contributed by atoms with van der Waals surface area (Å²) in [5.41, 5.74) is 0.650. The molecular weight excluding hydrogens is 180 g/mol. The van der Waals surface area contributed by atoms with E-state index < -0.39 is 0 Å². The Kier molecular flexibility index (Phi) is 2.79. The third kappa shape index (κ3) is 1.93. The molecule has 1 saturated heterocycles. The Balaban J connectivity index is 1.81. The first-order valence-corrected chi connectivity index (χ1v) is 5.04. The van der Waals surface area contributed by atoms with Crippen LogP contribution >= 0.6 is 0 Å². The second-order valence-electron chi connectivity index (χ2n) is 3.81. The fourth-order valence-corrected chi connectivity index (χ4v) is 1.82. The van der Waals surface area contributed by atoms with Crippen molar-refractivity contribution in [2.75, 3.05) is 19.6 Å². The maximum absolute atomic E-state index is 8.81. The number of likely N-dealkylation sites (tertiary alicyclic amines) is 1. The summed E-state index contributed by atoms with van der Waals surface area (Å²) in [6.07, 6.45) is 1.81. The molecule has 14 heavy (non-hydrogen) atoms. The van der Waals surface area contributed by atoms with Gasteiger partial charge < -0.3 is 10.0 Å². The van der Waals surface area contributed by atoms with Gasteiger partial charge in [-0.3, -0.25) is 4.68 Å². The Bertz CT molecular complexity index is 293. The van der Waals surface area contributed by atoms with Crippen molar-refractivity contribution in [1.82, 2.24) is 19.9 Å². The quantitative estimate of drug-likeness (QED) is 0.719. The monoisotopic (exact) mass is 196 g/mol. The first-order valence-electron chi connectivity index (χ1n) is 5.04. The Morgan fingerprint density at radius 1 is 1.57 bits per heavy atom. The lowest BCUT2D eigenvalue weighted by atomic mass is 10.0. The molecule has 1 aromatic heterocycles. The number of hydrogen-bond donors (Lipinski definition) is 1. The van der Waals surface area contributed by atoms with Crippen LogP contribution in [0.25, 0.3) is 0 Å². The molecule has 1 aliphatic heterocycles. The zero-order valence-electron chi connectivity index (χ0n) is 8.43. The largest absolute Gasteiger partial charge is 0.390 e. The first-order chi connectivity index (χ1) is 6.81. The smallest absolute Gasteiger partial charge is 0.108 e. The summed E-state index contributed by atoms with van der Waals surface area (Å²) in [5, 5.41) is 16.6. The van der Waals surface area contributed by atoms with Gasteiger partial charge >= 0.3 is 0 Å². The predicted octanol–water partition coefficient (Wildman–Crippen LogP) is -0.278. The van der Waals surface area contributed by atoms with Crippen molar-refractivity contribution in [1.29, 1.82) is 0 Å². The van der Waals surface area contributed by atoms with Crippen LogP contribution in [-0.2, 0) is 13.2 Å². The number of rotatable bonds is 4. The summed E-state index contributed by atoms with van der Waals surface area (Å²) < 4.78 is 1.82. The van der Waals surface area contributed by atoms with Crippen molar-refractivity contribution in [3.63, 3.8) is 0 Å². The molecule has 0 aromatic carbocycles. The van der Waals surface area contributed by atoms with Crippen molar-refractivity contribution in [3.8, 4) is 0 Å². The lowest BCUT2D eigenvalue weighted by Gasteiger charge is -2.38. The summed E-state index contributed by atoms with van der Waals surface area (Å²) in [6, 6.07) is 0. The van der Waals surface area contributed by atoms with Gasteiger partial charge in [0.25, 0.3) is 0 Å². The van der Waals surface area contributed by atoms with E-state index in [-0.39, 0.29) is 6.61 Å². The molecule has 2 rings (SSSR count). The first kappa shape index (κ1) is 9.61. The highest BCUT2D eigenvalue weighted by Gasteiger charge is 2.25. The van der Waals surface area contributed by atoms with Gasteiger partial charge in [-0.05, 0) is 6.54 Å². The van der Waals surface area contributed by atoms with Crippen LogP contribution in [0.5, 0.6) is 0 Å². The van der Waals surface area contributed by atoms with Gasteiger partial charge in [0.05, 0.1) is 12.8 Å². The molecule has 0 spiro atoms. The van der Waals surface area contributed by atoms with Crippen LogP contribution in [-0.4, -0.2) is 44.6 Å². The summed E-state index contributed by atoms with van der Waals surface area (Å²) >= 11 is 0. The third-order valence-electron chi connectivity index (χ3n) is 2.67. The summed E-state index contributed by atoms with van der Waals surface area (Å²) in [5.74, 6) is 0.697. The van der Waals surface area contributed by atoms with E-state index in [2.05, 4.69) is 22.1 Å². The standard InChI is InChI=1S/C9H16N4O/c1-2-12-3-8(4-12)5-13-6-9(7-14)10-11-13/h6,8,14H,2-5,7H2,1H3. The second kappa shape index (κ2) is 4.06. The molecule has 2 heterocycles. The summed E-state index contributed by atoms with van der Waals surface area (Å²) in [7, 11) is 0. The molecule has 1 fully saturated rings. The molecule has 0 unspecified atom stereocenters. The van der Waals surface area contributed by atoms with Gasteiger partial charge in [0.15, 0.2) is 0 Å². The zero-order valence-corrected chi connectivity index (χ0v) is 8.43. The molecule has 0 amide bonds. The average Bonchev–Trinajstić information content (AvgIpc) is 2.58. The van der Waals surface area contributed by atoms with Gasteiger partial charge in [0, 0.05) is 25.6 Å². The van der Waals surface area contributed by atoms with Crippen LogP contribution in [0.2, 0.25) is 0 Å². The van der Waals surface area contributed by atoms with Crippen LogP contribution in [0.3, 0.4) is 0 Å². The van der Waals surface area contributed by atoms with E-state index in [9.17, 15) is 0 Å². The molecule has 1 N–H and O–H groups in total. The molecule has 0 aliphatic carbocycles. The third-order valence-corrected chi connectivity index (χ3v) is 2.67. The van der Waals surface area contributed by atoms with E-state index >= 15 is 0 Å². The van der Waals surface area contributed by atoms with E-state index in [1.165, 1.54) is 0 Å². The topological polar surface area (TPSA) is 54.2 Å². The highest BCUT2D eigenvalue weighted by atomic mass is 16.3. The molecule has 1 aromatic rings. The predicted molar refractivity (Wildman–Crippen MR) is 51.5 cm³/mol. The lowest BCUT2D eigenvalue weighted by Crippen LogP contribution is -2.48. The minimum atomic E-state index is -0.0221. The molecule has 0 saturated carbocycles. The van der Waals surface area contributed by atoms with Crippen LogP contribution in [0, 0.1) is 5.92 Å². The lowest BCUT2D eigenvalue weighted by molar-refractivity contribution is 0.0912. The van der Waals surface area contributed by atoms with Crippen molar-refractivity contribution in [2.45, 2.75) is 20.1 Å². The highest BCUT2D eigenvalue weighted by Crippen LogP contribution is 2.16. The van der Waals surface area contributed by atoms with Crippen LogP contribution in [0.15, 0.2) is 6.20 Å². The van der Waals surface area contributed by atoms with E-state index in [1.54, 1.807) is 0 Å². The van der Waals surface area contributed by atoms with Crippen molar-refractivity contribution < 1.29 is 5.11 Å². The molecule has 78 valence electrons. The average molecular weight is 196 g/mol. The van der Waals surface area contributed by atoms with Crippen molar-refractivity contribution in [3.05, 3.63) is 11.9 Å². The van der Waals surface area contributed by atoms with Gasteiger partial charge in [0.2, 0.25) is 0 Å². The molecule has 5 nitrogen and oxygen atoms in total. The summed E-state index contributed by atoms with van der Waals surface area (Å²) in [6.45, 7) is 6.52. The van der Waals surface area contributed by atoms with Gasteiger partial charge in [-0.15, -0.1) is 5.10 Å². The van der Waals surface area contributed by atoms with Gasteiger partial charge in [-0.1, -0.05) is 12.1 Å². The van der Waals surface area contributed by atoms with Crippen molar-refractivity contribution in [2.24, 2.45) is 5.92 Å². The Hall–Kier alpha value is -0.940. The minimum Gasteiger partial charge on any atom is -0.390 e. The normalized spacial score (nSPS) is 18.4. The molecule has 0 bridgehead atoms. The van der Waals surface area contributed by atoms with Gasteiger partial charge in [0.1, 0.15) is 5.69 Å². The number of aliphatic hydroxyl groups is 1. The number of nitrogens with zero attached hydrogens (tertiary/aromatic N) is 4. The van der Waals surface area contributed by atoms with Crippen molar-refractivity contribution >= 4 is 0 Å². The number of aliphatic hydroxyl groups excluding tert-OH is 1. The molecular formula is C9H16N4O. The SMILES string of the molecule is CCN1CC(Cn2cc(CO)nn2)C1. The van der Waals surface area contributed by atoms with E-state index in [1.807, 2.05) is 10.9 Å². The molecule has 0 atom stereocenters. The van der Waals surface area contributed by atoms with Crippen LogP contribution < -0.4 is 0 Å². The maximum atomic E-state index is 8.81. The zero-order chi connectivity index (χ0) is 9.97. The van der Waals surface area contributed by atoms with Crippen LogP contribution in [0.4, 0.5) is 0 Å². The molecule has 0 radical (unpaired) electrons. The fraction of sp³-hybridized carbons (Fsp3) is 0.778. The van der Waals surface area contributed by atoms with E-state index in [4.69, 9.17) is 5.11 Å². The number of hydrogen-bond acceptors (Lipinski definition) is 4. The Labute approximate surface area is 83.3 Å².